The minimum absolute atomic E-state index is 0.316. The van der Waals surface area contributed by atoms with Crippen molar-refractivity contribution < 1.29 is 9.47 Å². The van der Waals surface area contributed by atoms with Crippen LogP contribution >= 0.6 is 11.6 Å². The largest absolute Gasteiger partial charge is 0.381 e. The molecule has 3 heteroatoms. The van der Waals surface area contributed by atoms with Crippen LogP contribution in [0.3, 0.4) is 0 Å². The van der Waals surface area contributed by atoms with E-state index in [1.807, 2.05) is 0 Å². The topological polar surface area (TPSA) is 18.5 Å². The van der Waals surface area contributed by atoms with E-state index in [2.05, 4.69) is 0 Å². The van der Waals surface area contributed by atoms with Gasteiger partial charge in [-0.15, -0.1) is 11.6 Å². The SMILES string of the molecule is ClC1CC(OC2CCOCC2)C12CCCCCC2. The summed E-state index contributed by atoms with van der Waals surface area (Å²) in [5, 5.41) is 0.362. The maximum absolute atomic E-state index is 6.56. The van der Waals surface area contributed by atoms with E-state index in [1.165, 1.54) is 38.5 Å². The third-order valence-corrected chi connectivity index (χ3v) is 5.86. The summed E-state index contributed by atoms with van der Waals surface area (Å²) in [7, 11) is 0. The fourth-order valence-electron chi connectivity index (χ4n) is 3.96. The third kappa shape index (κ3) is 2.44. The van der Waals surface area contributed by atoms with Crippen LogP contribution in [0, 0.1) is 5.41 Å². The minimum Gasteiger partial charge on any atom is -0.381 e. The molecular formula is C15H25ClO2. The standard InChI is InChI=1S/C15H25ClO2/c16-13-11-14(18-12-5-9-17-10-6-12)15(13)7-3-1-2-4-8-15/h12-14H,1-11H2. The Morgan fingerprint density at radius 3 is 2.28 bits per heavy atom. The van der Waals surface area contributed by atoms with Crippen LogP contribution in [0.15, 0.2) is 0 Å². The van der Waals surface area contributed by atoms with Gasteiger partial charge in [0.25, 0.3) is 0 Å². The molecule has 2 saturated carbocycles. The van der Waals surface area contributed by atoms with E-state index in [1.54, 1.807) is 0 Å². The van der Waals surface area contributed by atoms with Crippen LogP contribution in [-0.2, 0) is 9.47 Å². The van der Waals surface area contributed by atoms with Crippen molar-refractivity contribution in [2.75, 3.05) is 13.2 Å². The average molecular weight is 273 g/mol. The second-order valence-corrected chi connectivity index (χ2v) is 6.81. The lowest BCUT2D eigenvalue weighted by Crippen LogP contribution is -2.56. The van der Waals surface area contributed by atoms with Gasteiger partial charge < -0.3 is 9.47 Å². The predicted molar refractivity (Wildman–Crippen MR) is 73.1 cm³/mol. The molecule has 0 N–H and O–H groups in total. The molecule has 2 unspecified atom stereocenters. The molecule has 0 aromatic carbocycles. The zero-order valence-electron chi connectivity index (χ0n) is 11.2. The molecule has 3 rings (SSSR count). The second kappa shape index (κ2) is 5.68. The van der Waals surface area contributed by atoms with Gasteiger partial charge in [0.15, 0.2) is 0 Å². The summed E-state index contributed by atoms with van der Waals surface area (Å²) in [6.07, 6.45) is 12.1. The summed E-state index contributed by atoms with van der Waals surface area (Å²) < 4.78 is 11.8. The molecule has 1 saturated heterocycles. The van der Waals surface area contributed by atoms with Crippen LogP contribution in [0.2, 0.25) is 0 Å². The summed E-state index contributed by atoms with van der Waals surface area (Å²) in [5.74, 6) is 0. The van der Waals surface area contributed by atoms with E-state index in [9.17, 15) is 0 Å². The van der Waals surface area contributed by atoms with Crippen LogP contribution in [0.5, 0.6) is 0 Å². The van der Waals surface area contributed by atoms with E-state index in [0.29, 0.717) is 23.0 Å². The van der Waals surface area contributed by atoms with Crippen molar-refractivity contribution in [1.29, 1.82) is 0 Å². The van der Waals surface area contributed by atoms with E-state index in [0.717, 1.165) is 32.5 Å². The first-order valence-corrected chi connectivity index (χ1v) is 8.12. The van der Waals surface area contributed by atoms with Crippen molar-refractivity contribution in [1.82, 2.24) is 0 Å². The molecule has 104 valence electrons. The molecule has 1 spiro atoms. The van der Waals surface area contributed by atoms with Crippen LogP contribution < -0.4 is 0 Å². The Hall–Kier alpha value is 0.210. The summed E-state index contributed by atoms with van der Waals surface area (Å²) in [5.41, 5.74) is 0.316. The van der Waals surface area contributed by atoms with Crippen LogP contribution in [0.4, 0.5) is 0 Å². The zero-order valence-corrected chi connectivity index (χ0v) is 12.0. The summed E-state index contributed by atoms with van der Waals surface area (Å²) in [6, 6.07) is 0. The highest BCUT2D eigenvalue weighted by Crippen LogP contribution is 2.55. The van der Waals surface area contributed by atoms with Crippen LogP contribution in [0.1, 0.15) is 57.8 Å². The van der Waals surface area contributed by atoms with Gasteiger partial charge >= 0.3 is 0 Å². The molecule has 0 aromatic heterocycles. The molecule has 2 nitrogen and oxygen atoms in total. The highest BCUT2D eigenvalue weighted by atomic mass is 35.5. The molecule has 0 amide bonds. The van der Waals surface area contributed by atoms with Gasteiger partial charge in [0.2, 0.25) is 0 Å². The molecule has 1 aliphatic heterocycles. The highest BCUT2D eigenvalue weighted by molar-refractivity contribution is 6.21. The molecular weight excluding hydrogens is 248 g/mol. The third-order valence-electron chi connectivity index (χ3n) is 5.25. The molecule has 1 heterocycles. The molecule has 0 radical (unpaired) electrons. The highest BCUT2D eigenvalue weighted by Gasteiger charge is 2.54. The maximum atomic E-state index is 6.56. The lowest BCUT2D eigenvalue weighted by Gasteiger charge is -2.54. The number of hydrogen-bond donors (Lipinski definition) is 0. The van der Waals surface area contributed by atoms with Crippen molar-refractivity contribution in [2.24, 2.45) is 5.41 Å². The van der Waals surface area contributed by atoms with Gasteiger partial charge in [0, 0.05) is 24.0 Å². The first kappa shape index (κ1) is 13.2. The zero-order chi connectivity index (χ0) is 12.4. The normalized spacial score (nSPS) is 37.2. The van der Waals surface area contributed by atoms with E-state index in [4.69, 9.17) is 21.1 Å². The number of rotatable bonds is 2. The Morgan fingerprint density at radius 1 is 1.00 bits per heavy atom. The lowest BCUT2D eigenvalue weighted by molar-refractivity contribution is -0.163. The molecule has 3 aliphatic rings. The smallest absolute Gasteiger partial charge is 0.0663 e. The molecule has 0 bridgehead atoms. The van der Waals surface area contributed by atoms with Crippen molar-refractivity contribution in [3.63, 3.8) is 0 Å². The number of halogens is 1. The molecule has 3 fully saturated rings. The Balaban J connectivity index is 1.61. The van der Waals surface area contributed by atoms with E-state index >= 15 is 0 Å². The van der Waals surface area contributed by atoms with Crippen molar-refractivity contribution in [3.8, 4) is 0 Å². The number of hydrogen-bond acceptors (Lipinski definition) is 2. The molecule has 18 heavy (non-hydrogen) atoms. The summed E-state index contributed by atoms with van der Waals surface area (Å²) >= 11 is 6.56. The molecule has 2 aliphatic carbocycles. The molecule has 2 atom stereocenters. The van der Waals surface area contributed by atoms with E-state index in [-0.39, 0.29) is 0 Å². The van der Waals surface area contributed by atoms with Gasteiger partial charge in [0.05, 0.1) is 12.2 Å². The van der Waals surface area contributed by atoms with Gasteiger partial charge in [-0.25, -0.2) is 0 Å². The van der Waals surface area contributed by atoms with Crippen molar-refractivity contribution in [2.45, 2.75) is 75.4 Å². The van der Waals surface area contributed by atoms with Crippen LogP contribution in [-0.4, -0.2) is 30.8 Å². The predicted octanol–water partition coefficient (Wildman–Crippen LogP) is 3.90. The first-order chi connectivity index (χ1) is 8.81. The Bertz CT molecular complexity index is 268. The van der Waals surface area contributed by atoms with Gasteiger partial charge in [-0.3, -0.25) is 0 Å². The monoisotopic (exact) mass is 272 g/mol. The van der Waals surface area contributed by atoms with Crippen molar-refractivity contribution in [3.05, 3.63) is 0 Å². The van der Waals surface area contributed by atoms with Crippen molar-refractivity contribution >= 4 is 11.6 Å². The summed E-state index contributed by atoms with van der Waals surface area (Å²) in [6.45, 7) is 1.74. The number of ether oxygens (including phenoxy) is 2. The fraction of sp³-hybridized carbons (Fsp3) is 1.00. The van der Waals surface area contributed by atoms with E-state index < -0.39 is 0 Å². The minimum atomic E-state index is 0.316. The van der Waals surface area contributed by atoms with Gasteiger partial charge in [-0.05, 0) is 32.1 Å². The second-order valence-electron chi connectivity index (χ2n) is 6.29. The van der Waals surface area contributed by atoms with Gasteiger partial charge in [-0.1, -0.05) is 25.7 Å². The Kier molecular flexibility index (Phi) is 4.17. The molecule has 0 aromatic rings. The Labute approximate surface area is 115 Å². The van der Waals surface area contributed by atoms with Gasteiger partial charge in [0.1, 0.15) is 0 Å². The lowest BCUT2D eigenvalue weighted by atomic mass is 9.61. The van der Waals surface area contributed by atoms with Crippen LogP contribution in [0.25, 0.3) is 0 Å². The number of alkyl halides is 1. The summed E-state index contributed by atoms with van der Waals surface area (Å²) in [4.78, 5) is 0. The first-order valence-electron chi connectivity index (χ1n) is 7.68. The Morgan fingerprint density at radius 2 is 1.67 bits per heavy atom. The quantitative estimate of drug-likeness (QED) is 0.710. The fourth-order valence-corrected chi connectivity index (χ4v) is 4.48. The van der Waals surface area contributed by atoms with Gasteiger partial charge in [-0.2, -0.15) is 0 Å². The average Bonchev–Trinajstić information content (AvgIpc) is 2.67. The maximum Gasteiger partial charge on any atom is 0.0663 e.